The molecule has 0 bridgehead atoms. The summed E-state index contributed by atoms with van der Waals surface area (Å²) in [6.45, 7) is 0.483. The Labute approximate surface area is 153 Å². The summed E-state index contributed by atoms with van der Waals surface area (Å²) in [6, 6.07) is 9.92. The number of aromatic amines is 1. The molecule has 1 aromatic heterocycles. The molecule has 1 heterocycles. The van der Waals surface area contributed by atoms with Crippen molar-refractivity contribution >= 4 is 16.9 Å². The first-order valence-corrected chi connectivity index (χ1v) is 8.57. The number of carboxylic acid groups (broad SMARTS) is 1. The number of benzene rings is 2. The number of nitrogens with one attached hydrogen (secondary N) is 1. The molecule has 4 nitrogen and oxygen atoms in total. The molecule has 4 N–H and O–H groups in total. The Morgan fingerprint density at radius 1 is 1.11 bits per heavy atom. The van der Waals surface area contributed by atoms with Crippen molar-refractivity contribution in [3.05, 3.63) is 59.2 Å². The third-order valence-corrected chi connectivity index (χ3v) is 4.54. The van der Waals surface area contributed by atoms with Crippen LogP contribution >= 0.6 is 0 Å². The summed E-state index contributed by atoms with van der Waals surface area (Å²) in [5.74, 6) is -1.08. The lowest BCUT2D eigenvalue weighted by Crippen LogP contribution is -2.07. The Hall–Kier alpha value is -2.80. The van der Waals surface area contributed by atoms with E-state index < -0.39 is 17.7 Å². The Kier molecular flexibility index (Phi) is 5.23. The fourth-order valence-electron chi connectivity index (χ4n) is 3.26. The molecule has 3 rings (SSSR count). The maximum atomic E-state index is 13.5. The van der Waals surface area contributed by atoms with Gasteiger partial charge in [-0.3, -0.25) is 0 Å². The monoisotopic (exact) mass is 376 g/mol. The number of carboxylic acids is 1. The van der Waals surface area contributed by atoms with Gasteiger partial charge >= 0.3 is 12.1 Å². The molecule has 7 heteroatoms. The Bertz CT molecular complexity index is 977. The summed E-state index contributed by atoms with van der Waals surface area (Å²) in [5.41, 5.74) is 6.62. The number of nitrogens with two attached hydrogens (primary N) is 1. The van der Waals surface area contributed by atoms with Crippen molar-refractivity contribution in [3.63, 3.8) is 0 Å². The van der Waals surface area contributed by atoms with Gasteiger partial charge in [0.15, 0.2) is 0 Å². The second-order valence-electron chi connectivity index (χ2n) is 6.33. The van der Waals surface area contributed by atoms with Crippen molar-refractivity contribution < 1.29 is 23.1 Å². The van der Waals surface area contributed by atoms with Crippen molar-refractivity contribution in [1.29, 1.82) is 0 Å². The minimum Gasteiger partial charge on any atom is -0.478 e. The van der Waals surface area contributed by atoms with Crippen LogP contribution in [0.25, 0.3) is 22.2 Å². The largest absolute Gasteiger partial charge is 0.478 e. The van der Waals surface area contributed by atoms with Crippen molar-refractivity contribution in [2.75, 3.05) is 6.54 Å². The number of alkyl halides is 3. The van der Waals surface area contributed by atoms with Gasteiger partial charge in [-0.1, -0.05) is 18.2 Å². The third-order valence-electron chi connectivity index (χ3n) is 4.54. The van der Waals surface area contributed by atoms with Gasteiger partial charge in [-0.25, -0.2) is 4.79 Å². The zero-order valence-corrected chi connectivity index (χ0v) is 14.4. The lowest BCUT2D eigenvalue weighted by atomic mass is 9.96. The minimum atomic E-state index is -4.49. The molecule has 0 aliphatic heterocycles. The first kappa shape index (κ1) is 19.0. The predicted octanol–water partition coefficient (Wildman–Crippen LogP) is 4.83. The molecular formula is C20H19F3N2O2. The van der Waals surface area contributed by atoms with Crippen molar-refractivity contribution in [3.8, 4) is 11.3 Å². The third kappa shape index (κ3) is 3.83. The van der Waals surface area contributed by atoms with E-state index in [0.717, 1.165) is 12.5 Å². The SMILES string of the molecule is NCCCCc1c(-c2ccccc2C(F)(F)F)[nH]c2ccc(C(=O)O)cc12. The smallest absolute Gasteiger partial charge is 0.417 e. The van der Waals surface area contributed by atoms with Crippen LogP contribution in [0.1, 0.15) is 34.3 Å². The number of hydrogen-bond donors (Lipinski definition) is 3. The molecule has 0 atom stereocenters. The zero-order valence-electron chi connectivity index (χ0n) is 14.4. The maximum absolute atomic E-state index is 13.5. The van der Waals surface area contributed by atoms with E-state index in [1.54, 1.807) is 12.1 Å². The van der Waals surface area contributed by atoms with Gasteiger partial charge in [-0.15, -0.1) is 0 Å². The van der Waals surface area contributed by atoms with Crippen LogP contribution in [0.5, 0.6) is 0 Å². The van der Waals surface area contributed by atoms with Crippen LogP contribution in [-0.2, 0) is 12.6 Å². The molecule has 0 aliphatic carbocycles. The second kappa shape index (κ2) is 7.44. The van der Waals surface area contributed by atoms with E-state index in [4.69, 9.17) is 5.73 Å². The van der Waals surface area contributed by atoms with Gasteiger partial charge in [0.05, 0.1) is 16.8 Å². The molecule has 0 unspecified atom stereocenters. The Morgan fingerprint density at radius 2 is 1.85 bits per heavy atom. The highest BCUT2D eigenvalue weighted by molar-refractivity contribution is 5.97. The molecule has 0 fully saturated rings. The maximum Gasteiger partial charge on any atom is 0.417 e. The highest BCUT2D eigenvalue weighted by Gasteiger charge is 2.34. The molecule has 27 heavy (non-hydrogen) atoms. The van der Waals surface area contributed by atoms with Gasteiger partial charge in [0.25, 0.3) is 0 Å². The van der Waals surface area contributed by atoms with Gasteiger partial charge in [-0.2, -0.15) is 13.2 Å². The van der Waals surface area contributed by atoms with Crippen LogP contribution < -0.4 is 5.73 Å². The topological polar surface area (TPSA) is 79.1 Å². The first-order chi connectivity index (χ1) is 12.8. The number of unbranched alkanes of at least 4 members (excludes halogenated alkanes) is 1. The number of fused-ring (bicyclic) bond motifs is 1. The Morgan fingerprint density at radius 3 is 2.52 bits per heavy atom. The summed E-state index contributed by atoms with van der Waals surface area (Å²) in [7, 11) is 0. The number of H-pyrrole nitrogens is 1. The van der Waals surface area contributed by atoms with Crippen LogP contribution in [0.4, 0.5) is 13.2 Å². The number of aromatic carboxylic acids is 1. The highest BCUT2D eigenvalue weighted by atomic mass is 19.4. The van der Waals surface area contributed by atoms with E-state index in [9.17, 15) is 23.1 Å². The van der Waals surface area contributed by atoms with Gasteiger partial charge in [0, 0.05) is 16.5 Å². The standard InChI is InChI=1S/C20H19F3N2O2/c21-20(22,23)16-7-2-1-6-14(16)18-13(5-3-4-10-24)15-11-12(19(26)27)8-9-17(15)25-18/h1-2,6-9,11,25H,3-5,10,24H2,(H,26,27). The minimum absolute atomic E-state index is 0.0563. The van der Waals surface area contributed by atoms with E-state index in [-0.39, 0.29) is 11.1 Å². The summed E-state index contributed by atoms with van der Waals surface area (Å²) >= 11 is 0. The molecule has 142 valence electrons. The summed E-state index contributed by atoms with van der Waals surface area (Å²) in [6.07, 6.45) is -2.57. The van der Waals surface area contributed by atoms with E-state index in [1.165, 1.54) is 24.3 Å². The van der Waals surface area contributed by atoms with Gasteiger partial charge in [-0.05, 0) is 55.6 Å². The average molecular weight is 376 g/mol. The van der Waals surface area contributed by atoms with Crippen LogP contribution in [0, 0.1) is 0 Å². The van der Waals surface area contributed by atoms with Crippen LogP contribution in [0.2, 0.25) is 0 Å². The average Bonchev–Trinajstić information content (AvgIpc) is 2.99. The van der Waals surface area contributed by atoms with Crippen molar-refractivity contribution in [1.82, 2.24) is 4.98 Å². The van der Waals surface area contributed by atoms with Crippen molar-refractivity contribution in [2.24, 2.45) is 5.73 Å². The van der Waals surface area contributed by atoms with E-state index >= 15 is 0 Å². The predicted molar refractivity (Wildman–Crippen MR) is 97.7 cm³/mol. The molecule has 0 saturated heterocycles. The van der Waals surface area contributed by atoms with Crippen molar-refractivity contribution in [2.45, 2.75) is 25.4 Å². The molecular weight excluding hydrogens is 357 g/mol. The number of carbonyl (C=O) groups is 1. The summed E-state index contributed by atoms with van der Waals surface area (Å²) in [5, 5.41) is 9.87. The number of halogens is 3. The van der Waals surface area contributed by atoms with Gasteiger partial charge < -0.3 is 15.8 Å². The van der Waals surface area contributed by atoms with Crippen LogP contribution in [-0.4, -0.2) is 22.6 Å². The van der Waals surface area contributed by atoms with Gasteiger partial charge in [0.1, 0.15) is 0 Å². The number of aromatic nitrogens is 1. The first-order valence-electron chi connectivity index (χ1n) is 8.57. The summed E-state index contributed by atoms with van der Waals surface area (Å²) in [4.78, 5) is 14.4. The van der Waals surface area contributed by atoms with E-state index in [2.05, 4.69) is 4.98 Å². The normalized spacial score (nSPS) is 11.9. The highest BCUT2D eigenvalue weighted by Crippen LogP contribution is 2.40. The summed E-state index contributed by atoms with van der Waals surface area (Å²) < 4.78 is 40.5. The second-order valence-corrected chi connectivity index (χ2v) is 6.33. The molecule has 0 aliphatic rings. The molecule has 0 amide bonds. The Balaban J connectivity index is 2.23. The quantitative estimate of drug-likeness (QED) is 0.539. The van der Waals surface area contributed by atoms with E-state index in [1.807, 2.05) is 0 Å². The van der Waals surface area contributed by atoms with E-state index in [0.29, 0.717) is 41.5 Å². The van der Waals surface area contributed by atoms with Gasteiger partial charge in [0.2, 0.25) is 0 Å². The molecule has 0 radical (unpaired) electrons. The molecule has 3 aromatic rings. The lowest BCUT2D eigenvalue weighted by Gasteiger charge is -2.13. The zero-order chi connectivity index (χ0) is 19.6. The molecule has 0 spiro atoms. The molecule has 2 aromatic carbocycles. The number of aryl methyl sites for hydroxylation is 1. The number of rotatable bonds is 6. The fraction of sp³-hybridized carbons (Fsp3) is 0.250. The molecule has 0 saturated carbocycles. The fourth-order valence-corrected chi connectivity index (χ4v) is 3.26. The van der Waals surface area contributed by atoms with Crippen LogP contribution in [0.15, 0.2) is 42.5 Å². The van der Waals surface area contributed by atoms with Crippen LogP contribution in [0.3, 0.4) is 0 Å². The lowest BCUT2D eigenvalue weighted by molar-refractivity contribution is -0.137. The number of hydrogen-bond acceptors (Lipinski definition) is 2.